The summed E-state index contributed by atoms with van der Waals surface area (Å²) in [7, 11) is 0. The summed E-state index contributed by atoms with van der Waals surface area (Å²) in [5, 5.41) is 4.81. The first-order valence-corrected chi connectivity index (χ1v) is 10.6. The molecule has 5 nitrogen and oxygen atoms in total. The predicted molar refractivity (Wildman–Crippen MR) is 113 cm³/mol. The van der Waals surface area contributed by atoms with Gasteiger partial charge in [-0.25, -0.2) is 4.98 Å². The Morgan fingerprint density at radius 3 is 2.71 bits per heavy atom. The molecule has 1 unspecified atom stereocenters. The lowest BCUT2D eigenvalue weighted by atomic mass is 10.1. The number of para-hydroxylation sites is 1. The largest absolute Gasteiger partial charge is 0.349 e. The van der Waals surface area contributed by atoms with E-state index in [-0.39, 0.29) is 29.3 Å². The molecule has 0 saturated heterocycles. The smallest absolute Gasteiger partial charge is 0.262 e. The third kappa shape index (κ3) is 3.93. The zero-order chi connectivity index (χ0) is 19.7. The highest BCUT2D eigenvalue weighted by atomic mass is 35.5. The van der Waals surface area contributed by atoms with Crippen molar-refractivity contribution in [2.45, 2.75) is 37.0 Å². The van der Waals surface area contributed by atoms with Crippen LogP contribution in [0.25, 0.3) is 10.9 Å². The molecule has 1 N–H and O–H groups in total. The SMILES string of the molecule is CC(NC(=O)CSc1nc2ccccc2c(=O)n1C1CC1)c1ccccc1Cl. The average Bonchev–Trinajstić information content (AvgIpc) is 3.51. The lowest BCUT2D eigenvalue weighted by Gasteiger charge is -2.16. The molecule has 1 aliphatic rings. The third-order valence-electron chi connectivity index (χ3n) is 4.77. The molecule has 1 heterocycles. The van der Waals surface area contributed by atoms with Crippen molar-refractivity contribution in [3.8, 4) is 0 Å². The number of carbonyl (C=O) groups is 1. The second-order valence-electron chi connectivity index (χ2n) is 6.92. The zero-order valence-electron chi connectivity index (χ0n) is 15.4. The molecule has 0 spiro atoms. The van der Waals surface area contributed by atoms with E-state index in [1.54, 1.807) is 10.6 Å². The van der Waals surface area contributed by atoms with Gasteiger partial charge in [0.1, 0.15) is 0 Å². The van der Waals surface area contributed by atoms with E-state index in [1.165, 1.54) is 11.8 Å². The number of amides is 1. The van der Waals surface area contributed by atoms with Gasteiger partial charge in [-0.15, -0.1) is 0 Å². The van der Waals surface area contributed by atoms with Crippen LogP contribution < -0.4 is 10.9 Å². The molecule has 1 amide bonds. The average molecular weight is 414 g/mol. The van der Waals surface area contributed by atoms with Crippen molar-refractivity contribution in [1.82, 2.24) is 14.9 Å². The zero-order valence-corrected chi connectivity index (χ0v) is 17.0. The summed E-state index contributed by atoms with van der Waals surface area (Å²) in [6.45, 7) is 1.90. The second-order valence-corrected chi connectivity index (χ2v) is 8.27. The highest BCUT2D eigenvalue weighted by molar-refractivity contribution is 7.99. The molecule has 1 saturated carbocycles. The molecule has 0 aliphatic heterocycles. The Hall–Kier alpha value is -2.31. The van der Waals surface area contributed by atoms with Crippen LogP contribution in [0.2, 0.25) is 5.02 Å². The number of benzene rings is 2. The number of aromatic nitrogens is 2. The maximum Gasteiger partial charge on any atom is 0.262 e. The summed E-state index contributed by atoms with van der Waals surface area (Å²) in [4.78, 5) is 30.0. The van der Waals surface area contributed by atoms with Gasteiger partial charge in [0.25, 0.3) is 5.56 Å². The van der Waals surface area contributed by atoms with Crippen LogP contribution in [0.3, 0.4) is 0 Å². The minimum absolute atomic E-state index is 0.0274. The quantitative estimate of drug-likeness (QED) is 0.482. The van der Waals surface area contributed by atoms with E-state index in [0.717, 1.165) is 18.4 Å². The van der Waals surface area contributed by atoms with Gasteiger partial charge in [0.05, 0.1) is 22.7 Å². The van der Waals surface area contributed by atoms with Crippen LogP contribution in [0.5, 0.6) is 0 Å². The van der Waals surface area contributed by atoms with Crippen LogP contribution in [-0.4, -0.2) is 21.2 Å². The number of carbonyl (C=O) groups excluding carboxylic acids is 1. The highest BCUT2D eigenvalue weighted by Gasteiger charge is 2.28. The number of hydrogen-bond acceptors (Lipinski definition) is 4. The number of fused-ring (bicyclic) bond motifs is 1. The summed E-state index contributed by atoms with van der Waals surface area (Å²) in [6.07, 6.45) is 1.95. The van der Waals surface area contributed by atoms with Crippen molar-refractivity contribution in [3.05, 3.63) is 69.5 Å². The number of nitrogens with one attached hydrogen (secondary N) is 1. The van der Waals surface area contributed by atoms with Gasteiger partial charge in [-0.05, 0) is 43.5 Å². The summed E-state index contributed by atoms with van der Waals surface area (Å²) < 4.78 is 1.75. The van der Waals surface area contributed by atoms with Crippen molar-refractivity contribution in [1.29, 1.82) is 0 Å². The molecule has 1 fully saturated rings. The van der Waals surface area contributed by atoms with E-state index in [1.807, 2.05) is 49.4 Å². The molecular weight excluding hydrogens is 394 g/mol. The predicted octanol–water partition coefficient (Wildman–Crippen LogP) is 4.35. The van der Waals surface area contributed by atoms with E-state index < -0.39 is 0 Å². The summed E-state index contributed by atoms with van der Waals surface area (Å²) >= 11 is 7.51. The maximum absolute atomic E-state index is 12.9. The highest BCUT2D eigenvalue weighted by Crippen LogP contribution is 2.36. The Morgan fingerprint density at radius 2 is 1.96 bits per heavy atom. The van der Waals surface area contributed by atoms with Gasteiger partial charge in [0, 0.05) is 11.1 Å². The van der Waals surface area contributed by atoms with Gasteiger partial charge in [-0.3, -0.25) is 14.2 Å². The van der Waals surface area contributed by atoms with Gasteiger partial charge in [-0.2, -0.15) is 0 Å². The molecule has 1 aromatic heterocycles. The molecule has 7 heteroatoms. The fraction of sp³-hybridized carbons (Fsp3) is 0.286. The van der Waals surface area contributed by atoms with Gasteiger partial charge < -0.3 is 5.32 Å². The monoisotopic (exact) mass is 413 g/mol. The molecule has 4 rings (SSSR count). The van der Waals surface area contributed by atoms with Gasteiger partial charge >= 0.3 is 0 Å². The van der Waals surface area contributed by atoms with Crippen molar-refractivity contribution >= 4 is 40.2 Å². The summed E-state index contributed by atoms with van der Waals surface area (Å²) in [6, 6.07) is 14.8. The molecule has 3 aromatic rings. The minimum Gasteiger partial charge on any atom is -0.349 e. The maximum atomic E-state index is 12.9. The van der Waals surface area contributed by atoms with Crippen molar-refractivity contribution in [3.63, 3.8) is 0 Å². The van der Waals surface area contributed by atoms with Crippen LogP contribution in [0.4, 0.5) is 0 Å². The van der Waals surface area contributed by atoms with E-state index in [2.05, 4.69) is 10.3 Å². The third-order valence-corrected chi connectivity index (χ3v) is 6.07. The molecular formula is C21H20ClN3O2S. The molecule has 28 heavy (non-hydrogen) atoms. The first-order valence-electron chi connectivity index (χ1n) is 9.22. The lowest BCUT2D eigenvalue weighted by Crippen LogP contribution is -2.29. The number of rotatable bonds is 6. The molecule has 1 aliphatic carbocycles. The van der Waals surface area contributed by atoms with Crippen LogP contribution >= 0.6 is 23.4 Å². The summed E-state index contributed by atoms with van der Waals surface area (Å²) in [5.41, 5.74) is 1.51. The number of nitrogens with zero attached hydrogens (tertiary/aromatic N) is 2. The van der Waals surface area contributed by atoms with Crippen LogP contribution in [-0.2, 0) is 4.79 Å². The van der Waals surface area contributed by atoms with Crippen LogP contribution in [0.1, 0.15) is 37.4 Å². The minimum atomic E-state index is -0.197. The number of halogens is 1. The lowest BCUT2D eigenvalue weighted by molar-refractivity contribution is -0.119. The normalized spacial score (nSPS) is 14.8. The Bertz CT molecular complexity index is 1090. The van der Waals surface area contributed by atoms with E-state index in [0.29, 0.717) is 21.1 Å². The van der Waals surface area contributed by atoms with Crippen molar-refractivity contribution < 1.29 is 4.79 Å². The molecule has 0 bridgehead atoms. The van der Waals surface area contributed by atoms with E-state index in [9.17, 15) is 9.59 Å². The molecule has 0 radical (unpaired) electrons. The van der Waals surface area contributed by atoms with Crippen LogP contribution in [0, 0.1) is 0 Å². The van der Waals surface area contributed by atoms with Gasteiger partial charge in [0.2, 0.25) is 5.91 Å². The molecule has 144 valence electrons. The first kappa shape index (κ1) is 19.0. The Balaban J connectivity index is 1.51. The molecule has 2 aromatic carbocycles. The fourth-order valence-electron chi connectivity index (χ4n) is 3.20. The Morgan fingerprint density at radius 1 is 1.25 bits per heavy atom. The number of hydrogen-bond donors (Lipinski definition) is 1. The van der Waals surface area contributed by atoms with Crippen molar-refractivity contribution in [2.24, 2.45) is 0 Å². The van der Waals surface area contributed by atoms with Crippen molar-refractivity contribution in [2.75, 3.05) is 5.75 Å². The number of thioether (sulfide) groups is 1. The second kappa shape index (κ2) is 7.97. The van der Waals surface area contributed by atoms with Gasteiger partial charge in [0.15, 0.2) is 5.16 Å². The Labute approximate surface area is 172 Å². The first-order chi connectivity index (χ1) is 13.5. The standard InChI is InChI=1S/C21H20ClN3O2S/c1-13(15-6-2-4-8-17(15)22)23-19(26)12-28-21-24-18-9-5-3-7-16(18)20(27)25(21)14-10-11-14/h2-9,13-14H,10-12H2,1H3,(H,23,26). The fourth-order valence-corrected chi connectivity index (χ4v) is 4.38. The van der Waals surface area contributed by atoms with Crippen LogP contribution in [0.15, 0.2) is 58.5 Å². The Kier molecular flexibility index (Phi) is 5.42. The topological polar surface area (TPSA) is 64.0 Å². The van der Waals surface area contributed by atoms with E-state index in [4.69, 9.17) is 11.6 Å². The summed E-state index contributed by atoms with van der Waals surface area (Å²) in [5.74, 6) is 0.0638. The van der Waals surface area contributed by atoms with E-state index >= 15 is 0 Å². The molecule has 1 atom stereocenters. The van der Waals surface area contributed by atoms with Gasteiger partial charge in [-0.1, -0.05) is 53.7 Å².